The van der Waals surface area contributed by atoms with Crippen LogP contribution in [0, 0.1) is 5.82 Å². The van der Waals surface area contributed by atoms with Crippen molar-refractivity contribution in [3.8, 4) is 5.75 Å². The number of amides is 1. The molecule has 0 N–H and O–H groups in total. The van der Waals surface area contributed by atoms with Crippen LogP contribution in [0.15, 0.2) is 60.8 Å². The first-order chi connectivity index (χ1) is 14.1. The number of anilines is 1. The molecule has 0 saturated heterocycles. The van der Waals surface area contributed by atoms with Crippen molar-refractivity contribution in [3.05, 3.63) is 82.9 Å². The van der Waals surface area contributed by atoms with E-state index in [2.05, 4.69) is 9.97 Å². The fraction of sp³-hybridized carbons (Fsp3) is 0.0952. The summed E-state index contributed by atoms with van der Waals surface area (Å²) in [5, 5.41) is 0.769. The second kappa shape index (κ2) is 8.14. The van der Waals surface area contributed by atoms with E-state index in [0.29, 0.717) is 26.3 Å². The summed E-state index contributed by atoms with van der Waals surface area (Å²) in [5.74, 6) is -0.414. The van der Waals surface area contributed by atoms with Crippen LogP contribution < -0.4 is 9.64 Å². The third kappa shape index (κ3) is 3.92. The van der Waals surface area contributed by atoms with E-state index in [9.17, 15) is 9.18 Å². The molecule has 2 aromatic carbocycles. The molecule has 29 heavy (non-hydrogen) atoms. The number of fused-ring (bicyclic) bond motifs is 1. The van der Waals surface area contributed by atoms with Gasteiger partial charge in [-0.1, -0.05) is 35.1 Å². The summed E-state index contributed by atoms with van der Waals surface area (Å²) in [7, 11) is 1.48. The van der Waals surface area contributed by atoms with Crippen LogP contribution in [0.1, 0.15) is 16.1 Å². The lowest BCUT2D eigenvalue weighted by Crippen LogP contribution is -2.31. The molecule has 4 rings (SSSR count). The Morgan fingerprint density at radius 3 is 2.79 bits per heavy atom. The molecule has 8 heteroatoms. The number of rotatable bonds is 5. The Kier molecular flexibility index (Phi) is 5.42. The molecule has 0 saturated carbocycles. The number of carbonyl (C=O) groups is 1. The van der Waals surface area contributed by atoms with Gasteiger partial charge < -0.3 is 4.74 Å². The number of benzene rings is 2. The molecule has 2 heterocycles. The number of aromatic nitrogens is 2. The molecule has 0 unspecified atom stereocenters. The van der Waals surface area contributed by atoms with Crippen molar-refractivity contribution in [2.75, 3.05) is 12.0 Å². The van der Waals surface area contributed by atoms with E-state index in [-0.39, 0.29) is 23.5 Å². The summed E-state index contributed by atoms with van der Waals surface area (Å²) in [6.07, 6.45) is 1.65. The highest BCUT2D eigenvalue weighted by Gasteiger charge is 2.25. The van der Waals surface area contributed by atoms with E-state index in [1.807, 2.05) is 12.1 Å². The normalized spacial score (nSPS) is 10.9. The molecule has 0 aliphatic carbocycles. The van der Waals surface area contributed by atoms with Crippen LogP contribution in [0.3, 0.4) is 0 Å². The van der Waals surface area contributed by atoms with E-state index in [4.69, 9.17) is 16.3 Å². The van der Waals surface area contributed by atoms with Gasteiger partial charge in [0.2, 0.25) is 0 Å². The molecular formula is C21H15ClFN3O2S. The maximum Gasteiger partial charge on any atom is 0.264 e. The molecule has 0 fully saturated rings. The molecule has 0 aliphatic heterocycles. The lowest BCUT2D eigenvalue weighted by Gasteiger charge is -2.21. The van der Waals surface area contributed by atoms with Gasteiger partial charge in [-0.25, -0.2) is 9.37 Å². The number of thiazole rings is 1. The minimum Gasteiger partial charge on any atom is -0.496 e. The highest BCUT2D eigenvalue weighted by Crippen LogP contribution is 2.33. The Balaban J connectivity index is 1.82. The smallest absolute Gasteiger partial charge is 0.264 e. The Labute approximate surface area is 175 Å². The average Bonchev–Trinajstić information content (AvgIpc) is 3.17. The number of carbonyl (C=O) groups excluding carboxylic acids is 1. The van der Waals surface area contributed by atoms with E-state index in [1.54, 1.807) is 42.6 Å². The van der Waals surface area contributed by atoms with E-state index in [0.717, 1.165) is 0 Å². The van der Waals surface area contributed by atoms with Crippen molar-refractivity contribution in [1.82, 2.24) is 9.97 Å². The predicted octanol–water partition coefficient (Wildman–Crippen LogP) is 5.34. The fourth-order valence-electron chi connectivity index (χ4n) is 2.89. The van der Waals surface area contributed by atoms with Gasteiger partial charge in [0.1, 0.15) is 17.1 Å². The standard InChI is InChI=1S/C21H15ClFN3O2S/c1-28-17-9-8-13(22)11-15(17)20(27)26(12-14-5-2-3-10-24-14)21-25-19-16(23)6-4-7-18(19)29-21/h2-11H,12H2,1H3. The van der Waals surface area contributed by atoms with Crippen LogP contribution in [0.5, 0.6) is 5.75 Å². The Bertz CT molecular complexity index is 1180. The minimum absolute atomic E-state index is 0.163. The Morgan fingerprint density at radius 1 is 1.21 bits per heavy atom. The molecule has 146 valence electrons. The zero-order valence-corrected chi connectivity index (χ0v) is 16.9. The van der Waals surface area contributed by atoms with Gasteiger partial charge >= 0.3 is 0 Å². The number of pyridine rings is 1. The molecule has 0 atom stereocenters. The highest BCUT2D eigenvalue weighted by atomic mass is 35.5. The van der Waals surface area contributed by atoms with Crippen molar-refractivity contribution in [2.24, 2.45) is 0 Å². The van der Waals surface area contributed by atoms with E-state index < -0.39 is 5.82 Å². The Morgan fingerprint density at radius 2 is 2.07 bits per heavy atom. The first-order valence-electron chi connectivity index (χ1n) is 8.67. The predicted molar refractivity (Wildman–Crippen MR) is 112 cm³/mol. The molecule has 4 aromatic rings. The molecule has 1 amide bonds. The van der Waals surface area contributed by atoms with Gasteiger partial charge in [-0.15, -0.1) is 0 Å². The second-order valence-electron chi connectivity index (χ2n) is 6.14. The van der Waals surface area contributed by atoms with Crippen molar-refractivity contribution < 1.29 is 13.9 Å². The van der Waals surface area contributed by atoms with Crippen LogP contribution in [-0.4, -0.2) is 23.0 Å². The molecule has 5 nitrogen and oxygen atoms in total. The fourth-order valence-corrected chi connectivity index (χ4v) is 4.04. The average molecular weight is 428 g/mol. The quantitative estimate of drug-likeness (QED) is 0.431. The monoisotopic (exact) mass is 427 g/mol. The summed E-state index contributed by atoms with van der Waals surface area (Å²) < 4.78 is 20.2. The summed E-state index contributed by atoms with van der Waals surface area (Å²) >= 11 is 7.34. The summed E-state index contributed by atoms with van der Waals surface area (Å²) in [6, 6.07) is 15.0. The largest absolute Gasteiger partial charge is 0.496 e. The molecule has 0 bridgehead atoms. The maximum atomic E-state index is 14.2. The van der Waals surface area contributed by atoms with Crippen LogP contribution in [0.4, 0.5) is 9.52 Å². The molecule has 0 aliphatic rings. The summed E-state index contributed by atoms with van der Waals surface area (Å²) in [5.41, 5.74) is 1.18. The van der Waals surface area contributed by atoms with Crippen LogP contribution in [0.2, 0.25) is 5.02 Å². The number of para-hydroxylation sites is 1. The Hall–Kier alpha value is -3.03. The lowest BCUT2D eigenvalue weighted by atomic mass is 10.1. The first kappa shape index (κ1) is 19.3. The summed E-state index contributed by atoms with van der Waals surface area (Å²) in [4.78, 5) is 23.6. The maximum absolute atomic E-state index is 14.2. The van der Waals surface area contributed by atoms with Gasteiger partial charge in [0, 0.05) is 11.2 Å². The van der Waals surface area contributed by atoms with Gasteiger partial charge in [0.15, 0.2) is 5.13 Å². The van der Waals surface area contributed by atoms with Crippen LogP contribution in [-0.2, 0) is 6.54 Å². The van der Waals surface area contributed by atoms with Crippen LogP contribution in [0.25, 0.3) is 10.2 Å². The zero-order valence-electron chi connectivity index (χ0n) is 15.3. The van der Waals surface area contributed by atoms with Crippen molar-refractivity contribution in [3.63, 3.8) is 0 Å². The minimum atomic E-state index is -0.435. The topological polar surface area (TPSA) is 55.3 Å². The molecule has 0 radical (unpaired) electrons. The molecule has 0 spiro atoms. The van der Waals surface area contributed by atoms with Gasteiger partial charge in [0.05, 0.1) is 29.6 Å². The number of nitrogens with zero attached hydrogens (tertiary/aromatic N) is 3. The SMILES string of the molecule is COc1ccc(Cl)cc1C(=O)N(Cc1ccccn1)c1nc2c(F)cccc2s1. The number of halogens is 2. The second-order valence-corrected chi connectivity index (χ2v) is 7.59. The first-order valence-corrected chi connectivity index (χ1v) is 9.86. The zero-order chi connectivity index (χ0) is 20.4. The van der Waals surface area contributed by atoms with Gasteiger partial charge in [-0.3, -0.25) is 14.7 Å². The van der Waals surface area contributed by atoms with E-state index in [1.165, 1.54) is 29.4 Å². The van der Waals surface area contributed by atoms with Gasteiger partial charge in [0.25, 0.3) is 5.91 Å². The van der Waals surface area contributed by atoms with Gasteiger partial charge in [-0.05, 0) is 42.5 Å². The van der Waals surface area contributed by atoms with Crippen molar-refractivity contribution >= 4 is 44.2 Å². The van der Waals surface area contributed by atoms with Crippen molar-refractivity contribution in [2.45, 2.75) is 6.54 Å². The molecule has 2 aromatic heterocycles. The summed E-state index contributed by atoms with van der Waals surface area (Å²) in [6.45, 7) is 0.163. The van der Waals surface area contributed by atoms with Crippen molar-refractivity contribution in [1.29, 1.82) is 0 Å². The third-order valence-electron chi connectivity index (χ3n) is 4.27. The number of hydrogen-bond donors (Lipinski definition) is 0. The van der Waals surface area contributed by atoms with Crippen LogP contribution >= 0.6 is 22.9 Å². The lowest BCUT2D eigenvalue weighted by molar-refractivity contribution is 0.0982. The molecular weight excluding hydrogens is 413 g/mol. The highest BCUT2D eigenvalue weighted by molar-refractivity contribution is 7.22. The number of ether oxygens (including phenoxy) is 1. The van der Waals surface area contributed by atoms with Gasteiger partial charge in [-0.2, -0.15) is 0 Å². The number of hydrogen-bond acceptors (Lipinski definition) is 5. The third-order valence-corrected chi connectivity index (χ3v) is 5.55. The number of methoxy groups -OCH3 is 1. The van der Waals surface area contributed by atoms with E-state index >= 15 is 0 Å².